The van der Waals surface area contributed by atoms with E-state index in [1.807, 2.05) is 36.4 Å². The highest BCUT2D eigenvalue weighted by atomic mass is 31.2. The lowest BCUT2D eigenvalue weighted by Gasteiger charge is -2.21. The molecule has 0 aliphatic heterocycles. The summed E-state index contributed by atoms with van der Waals surface area (Å²) in [6.45, 7) is 2.79. The van der Waals surface area contributed by atoms with Crippen LogP contribution in [0.2, 0.25) is 0 Å². The van der Waals surface area contributed by atoms with Crippen molar-refractivity contribution in [3.63, 3.8) is 0 Å². The fourth-order valence-corrected chi connectivity index (χ4v) is 6.53. The highest BCUT2D eigenvalue weighted by Gasteiger charge is 2.26. The number of benzene rings is 1. The maximum atomic E-state index is 12.8. The first-order valence-corrected chi connectivity index (χ1v) is 20.5. The molecule has 0 amide bonds. The molecule has 0 aliphatic carbocycles. The van der Waals surface area contributed by atoms with Crippen molar-refractivity contribution in [2.75, 3.05) is 32.2 Å². The van der Waals surface area contributed by atoms with Gasteiger partial charge >= 0.3 is 7.82 Å². The van der Waals surface area contributed by atoms with Gasteiger partial charge in [0.2, 0.25) is 0 Å². The van der Waals surface area contributed by atoms with Crippen LogP contribution in [0, 0.1) is 11.5 Å². The molecule has 3 atom stereocenters. The molecular weight excluding hydrogens is 681 g/mol. The summed E-state index contributed by atoms with van der Waals surface area (Å²) in [5, 5.41) is 13.4. The van der Waals surface area contributed by atoms with Crippen LogP contribution in [0.1, 0.15) is 114 Å². The number of fused-ring (bicyclic) bond motifs is 1. The van der Waals surface area contributed by atoms with Crippen LogP contribution < -0.4 is 5.73 Å². The Morgan fingerprint density at radius 1 is 0.885 bits per heavy atom. The van der Waals surface area contributed by atoms with Crippen molar-refractivity contribution in [2.24, 2.45) is 0 Å². The second kappa shape index (κ2) is 26.5. The molecule has 0 fully saturated rings. The first-order chi connectivity index (χ1) is 25.4. The number of nitrogens with zero attached hydrogens (tertiary/aromatic N) is 4. The molecule has 3 aromatic rings. The van der Waals surface area contributed by atoms with Crippen LogP contribution in [0.25, 0.3) is 5.52 Å². The van der Waals surface area contributed by atoms with E-state index in [1.54, 1.807) is 16.8 Å². The number of unbranched alkanes of at least 4 members (excludes halogenated alkanes) is 12. The lowest BCUT2D eigenvalue weighted by atomic mass is 10.1. The summed E-state index contributed by atoms with van der Waals surface area (Å²) in [5.74, 6) is 0.350. The molecule has 1 unspecified atom stereocenters. The minimum Gasteiger partial charge on any atom is -0.422 e. The summed E-state index contributed by atoms with van der Waals surface area (Å²) in [4.78, 5) is 14.4. The van der Waals surface area contributed by atoms with Gasteiger partial charge in [-0.25, -0.2) is 14.1 Å². The minimum absolute atomic E-state index is 0.206. The van der Waals surface area contributed by atoms with Gasteiger partial charge in [-0.1, -0.05) is 107 Å². The molecule has 288 valence electrons. The number of nitrogens with two attached hydrogens (primary N) is 1. The highest BCUT2D eigenvalue weighted by molar-refractivity contribution is 7.47. The second-order valence-corrected chi connectivity index (χ2v) is 14.6. The molecule has 2 aromatic heterocycles. The highest BCUT2D eigenvalue weighted by Crippen LogP contribution is 2.43. The number of phosphoric ester groups is 1. The lowest BCUT2D eigenvalue weighted by molar-refractivity contribution is -0.0517. The zero-order valence-electron chi connectivity index (χ0n) is 31.0. The molecule has 3 rings (SSSR count). The van der Waals surface area contributed by atoms with Crippen LogP contribution in [-0.2, 0) is 40.9 Å². The number of phosphoric acid groups is 1. The van der Waals surface area contributed by atoms with Crippen molar-refractivity contribution < 1.29 is 32.7 Å². The third kappa shape index (κ3) is 18.5. The Hall–Kier alpha value is -3.30. The number of allylic oxidation sites excluding steroid dienone is 2. The first-order valence-electron chi connectivity index (χ1n) is 19.0. The number of nitrogen functional groups attached to an aromatic ring is 1. The van der Waals surface area contributed by atoms with Crippen LogP contribution >= 0.6 is 7.82 Å². The average Bonchev–Trinajstić information content (AvgIpc) is 3.57. The molecule has 2 heterocycles. The van der Waals surface area contributed by atoms with Crippen LogP contribution in [0.3, 0.4) is 0 Å². The van der Waals surface area contributed by atoms with E-state index in [-0.39, 0.29) is 19.8 Å². The number of hydrogen-bond acceptors (Lipinski definition) is 10. The topological polar surface area (TPSA) is 163 Å². The number of anilines is 1. The van der Waals surface area contributed by atoms with E-state index >= 15 is 0 Å². The zero-order valence-corrected chi connectivity index (χ0v) is 31.9. The Kier molecular flexibility index (Phi) is 21.9. The Balaban J connectivity index is 1.32. The van der Waals surface area contributed by atoms with E-state index in [0.717, 1.165) is 24.1 Å². The van der Waals surface area contributed by atoms with E-state index < -0.39 is 20.0 Å². The van der Waals surface area contributed by atoms with Crippen molar-refractivity contribution in [2.45, 2.75) is 128 Å². The number of nitriles is 1. The molecule has 0 aliphatic rings. The van der Waals surface area contributed by atoms with Gasteiger partial charge in [0.05, 0.1) is 26.4 Å². The van der Waals surface area contributed by atoms with E-state index in [2.05, 4.69) is 29.2 Å². The summed E-state index contributed by atoms with van der Waals surface area (Å²) >= 11 is 0. The SMILES string of the molecule is CCCCCCCC/C=C\CCCCCCCCOC[C@H](COP(=O)(O)OC[C@H](CCc1ccc2c(N)ncnn12)OC#N)OCc1ccccc1. The first kappa shape index (κ1) is 43.1. The monoisotopic (exact) mass is 741 g/mol. The average molecular weight is 742 g/mol. The third-order valence-electron chi connectivity index (χ3n) is 8.78. The fraction of sp³-hybridized carbons (Fsp3) is 0.615. The molecule has 13 heteroatoms. The molecular formula is C39H60N5O7P. The fourth-order valence-electron chi connectivity index (χ4n) is 5.75. The van der Waals surface area contributed by atoms with Crippen LogP contribution in [0.4, 0.5) is 5.82 Å². The van der Waals surface area contributed by atoms with Crippen molar-refractivity contribution in [3.05, 3.63) is 72.2 Å². The van der Waals surface area contributed by atoms with E-state index in [9.17, 15) is 9.46 Å². The molecule has 52 heavy (non-hydrogen) atoms. The Labute approximate surface area is 310 Å². The minimum atomic E-state index is -4.50. The molecule has 3 N–H and O–H groups in total. The van der Waals surface area contributed by atoms with Gasteiger partial charge in [0.15, 0.2) is 5.82 Å². The van der Waals surface area contributed by atoms with Gasteiger partial charge in [-0.3, -0.25) is 9.05 Å². The number of aryl methyl sites for hydroxylation is 1. The smallest absolute Gasteiger partial charge is 0.422 e. The van der Waals surface area contributed by atoms with Crippen LogP contribution in [-0.4, -0.2) is 58.1 Å². The summed E-state index contributed by atoms with van der Waals surface area (Å²) in [7, 11) is -4.50. The predicted octanol–water partition coefficient (Wildman–Crippen LogP) is 8.88. The standard InChI is InChI=1S/C39H60N5O7P/c1-2-3-4-5-6-7-8-9-10-11-12-13-14-15-16-20-27-47-29-37(48-28-34-21-18-17-19-22-34)31-51-52(45,46)50-30-36(49-32-40)25-23-35-24-26-38-39(41)42-33-43-44(35)38/h9-10,17-19,21-22,24,26,33,36-37H,2-8,11-16,20,23,25,27-31H2,1H3,(H,45,46)(H2,41,42,43)/b10-9-/t36-,37+/m0/s1. The number of rotatable bonds is 31. The lowest BCUT2D eigenvalue weighted by Crippen LogP contribution is -2.26. The second-order valence-electron chi connectivity index (χ2n) is 13.1. The van der Waals surface area contributed by atoms with Crippen LogP contribution in [0.5, 0.6) is 0 Å². The van der Waals surface area contributed by atoms with E-state index in [4.69, 9.17) is 34.3 Å². The van der Waals surface area contributed by atoms with Gasteiger partial charge in [0.25, 0.3) is 6.26 Å². The number of aromatic nitrogens is 3. The zero-order chi connectivity index (χ0) is 37.1. The quantitative estimate of drug-likeness (QED) is 0.0280. The summed E-state index contributed by atoms with van der Waals surface area (Å²) in [5.41, 5.74) is 8.35. The van der Waals surface area contributed by atoms with Gasteiger partial charge < -0.3 is 24.8 Å². The van der Waals surface area contributed by atoms with E-state index in [0.29, 0.717) is 37.4 Å². The third-order valence-corrected chi connectivity index (χ3v) is 9.73. The molecule has 0 saturated heterocycles. The Bertz CT molecular complexity index is 1480. The molecule has 0 bridgehead atoms. The maximum Gasteiger partial charge on any atom is 0.472 e. The van der Waals surface area contributed by atoms with E-state index in [1.165, 1.54) is 83.4 Å². The van der Waals surface area contributed by atoms with Crippen molar-refractivity contribution >= 4 is 19.2 Å². The Morgan fingerprint density at radius 2 is 1.54 bits per heavy atom. The maximum absolute atomic E-state index is 12.8. The van der Waals surface area contributed by atoms with Gasteiger partial charge in [-0.2, -0.15) is 10.4 Å². The molecule has 0 radical (unpaired) electrons. The largest absolute Gasteiger partial charge is 0.472 e. The molecule has 12 nitrogen and oxygen atoms in total. The van der Waals surface area contributed by atoms with Crippen molar-refractivity contribution in [1.29, 1.82) is 5.26 Å². The summed E-state index contributed by atoms with van der Waals surface area (Å²) in [6.07, 6.45) is 24.5. The van der Waals surface area contributed by atoms with Gasteiger partial charge in [-0.05, 0) is 62.6 Å². The number of hydrogen-bond donors (Lipinski definition) is 2. The molecule has 1 aromatic carbocycles. The summed E-state index contributed by atoms with van der Waals surface area (Å²) in [6, 6.07) is 13.3. The van der Waals surface area contributed by atoms with Gasteiger partial charge in [0, 0.05) is 12.3 Å². The normalized spacial score (nSPS) is 14.0. The van der Waals surface area contributed by atoms with Gasteiger partial charge in [0.1, 0.15) is 24.1 Å². The van der Waals surface area contributed by atoms with Crippen molar-refractivity contribution in [1.82, 2.24) is 14.6 Å². The number of ether oxygens (including phenoxy) is 3. The molecule has 0 spiro atoms. The van der Waals surface area contributed by atoms with Crippen molar-refractivity contribution in [3.8, 4) is 6.26 Å². The Morgan fingerprint density at radius 3 is 2.23 bits per heavy atom. The molecule has 0 saturated carbocycles. The summed E-state index contributed by atoms with van der Waals surface area (Å²) < 4.78 is 42.1. The van der Waals surface area contributed by atoms with Crippen LogP contribution in [0.15, 0.2) is 60.9 Å². The predicted molar refractivity (Wildman–Crippen MR) is 203 cm³/mol. The van der Waals surface area contributed by atoms with Gasteiger partial charge in [-0.15, -0.1) is 0 Å².